The van der Waals surface area contributed by atoms with E-state index in [1.807, 2.05) is 6.07 Å². The van der Waals surface area contributed by atoms with Gasteiger partial charge in [0.05, 0.1) is 20.0 Å². The van der Waals surface area contributed by atoms with Crippen LogP contribution in [0.4, 0.5) is 5.69 Å². The number of carbonyl (C=O) groups excluding carboxylic acids is 2. The largest absolute Gasteiger partial charge is 0.468 e. The van der Waals surface area contributed by atoms with Crippen molar-refractivity contribution in [2.24, 2.45) is 5.92 Å². The summed E-state index contributed by atoms with van der Waals surface area (Å²) in [5.74, 6) is -3.36. The third-order valence-electron chi connectivity index (χ3n) is 5.50. The van der Waals surface area contributed by atoms with E-state index in [0.29, 0.717) is 12.2 Å². The molecule has 1 heterocycles. The minimum Gasteiger partial charge on any atom is -0.468 e. The number of benzene rings is 2. The quantitative estimate of drug-likeness (QED) is 0.171. The van der Waals surface area contributed by atoms with Gasteiger partial charge in [0.1, 0.15) is 17.3 Å². The number of rotatable bonds is 12. The van der Waals surface area contributed by atoms with Crippen molar-refractivity contribution in [2.45, 2.75) is 32.2 Å². The molecular weight excluding hydrogens is 546 g/mol. The van der Waals surface area contributed by atoms with Crippen LogP contribution < -0.4 is 9.50 Å². The van der Waals surface area contributed by atoms with E-state index in [9.17, 15) is 18.0 Å². The lowest BCUT2D eigenvalue weighted by atomic mass is 10.1. The molecule has 2 aromatic rings. The molecular formula is C27H31NO9S2. The Kier molecular flexibility index (Phi) is 11.4. The second-order valence-corrected chi connectivity index (χ2v) is 10.6. The molecule has 210 valence electrons. The molecule has 1 fully saturated rings. The Morgan fingerprint density at radius 1 is 1.15 bits per heavy atom. The fourth-order valence-corrected chi connectivity index (χ4v) is 4.40. The smallest absolute Gasteiger partial charge is 0.327 e. The van der Waals surface area contributed by atoms with Crippen LogP contribution in [0.5, 0.6) is 5.75 Å². The zero-order valence-corrected chi connectivity index (χ0v) is 23.3. The van der Waals surface area contributed by atoms with Crippen molar-refractivity contribution in [2.75, 3.05) is 31.9 Å². The molecule has 10 nitrogen and oxygen atoms in total. The van der Waals surface area contributed by atoms with E-state index in [2.05, 4.69) is 5.32 Å². The van der Waals surface area contributed by atoms with Crippen LogP contribution in [0.1, 0.15) is 30.4 Å². The van der Waals surface area contributed by atoms with Gasteiger partial charge in [-0.1, -0.05) is 54.7 Å². The van der Waals surface area contributed by atoms with Gasteiger partial charge in [-0.25, -0.2) is 0 Å². The molecule has 1 N–H and O–H groups in total. The van der Waals surface area contributed by atoms with Crippen LogP contribution in [0, 0.1) is 5.92 Å². The average molecular weight is 578 g/mol. The Morgan fingerprint density at radius 3 is 2.59 bits per heavy atom. The molecule has 0 bridgehead atoms. The standard InChI is InChI=1S/C27H31NO9S2/c1-33-26(29)24(27(30)36-18-19-9-4-3-5-10-19)25(38)28-22-17-21(37-39(2,31)32)14-13-20(22)11-8-16-35-23-12-6-7-15-34-23/h3-5,8-11,13-14,17,23-24H,6-7,12,15-16,18H2,1-2H3,(H,28,38). The monoisotopic (exact) mass is 577 g/mol. The number of ether oxygens (including phenoxy) is 4. The Balaban J connectivity index is 1.77. The van der Waals surface area contributed by atoms with Gasteiger partial charge >= 0.3 is 22.1 Å². The maximum Gasteiger partial charge on any atom is 0.327 e. The van der Waals surface area contributed by atoms with Gasteiger partial charge in [0, 0.05) is 18.4 Å². The Hall–Kier alpha value is -3.32. The normalized spacial score (nSPS) is 16.3. The van der Waals surface area contributed by atoms with Crippen LogP contribution in [0.25, 0.3) is 6.08 Å². The van der Waals surface area contributed by atoms with Gasteiger partial charge in [-0.2, -0.15) is 8.42 Å². The van der Waals surface area contributed by atoms with Gasteiger partial charge in [-0.15, -0.1) is 0 Å². The highest BCUT2D eigenvalue weighted by atomic mass is 32.2. The predicted octanol–water partition coefficient (Wildman–Crippen LogP) is 3.85. The van der Waals surface area contributed by atoms with Crippen LogP contribution in [0.2, 0.25) is 0 Å². The molecule has 1 aliphatic rings. The molecule has 0 amide bonds. The van der Waals surface area contributed by atoms with E-state index in [4.69, 9.17) is 35.3 Å². The molecule has 0 aromatic heterocycles. The Morgan fingerprint density at radius 2 is 1.92 bits per heavy atom. The first-order valence-corrected chi connectivity index (χ1v) is 14.4. The van der Waals surface area contributed by atoms with E-state index in [-0.39, 0.29) is 35.9 Å². The van der Waals surface area contributed by atoms with Crippen LogP contribution in [0.15, 0.2) is 54.6 Å². The maximum atomic E-state index is 12.9. The number of carbonyl (C=O) groups is 2. The Labute approximate surface area is 233 Å². The van der Waals surface area contributed by atoms with Crippen molar-refractivity contribution in [3.05, 3.63) is 65.7 Å². The second-order valence-electron chi connectivity index (χ2n) is 8.61. The predicted molar refractivity (Wildman–Crippen MR) is 148 cm³/mol. The molecule has 0 radical (unpaired) electrons. The van der Waals surface area contributed by atoms with Crippen molar-refractivity contribution in [3.8, 4) is 5.75 Å². The third-order valence-corrected chi connectivity index (χ3v) is 6.34. The fourth-order valence-electron chi connectivity index (χ4n) is 3.64. The van der Waals surface area contributed by atoms with Crippen molar-refractivity contribution >= 4 is 51.0 Å². The minimum absolute atomic E-state index is 0.00748. The summed E-state index contributed by atoms with van der Waals surface area (Å²) < 4.78 is 49.7. The van der Waals surface area contributed by atoms with Crippen LogP contribution in [0.3, 0.4) is 0 Å². The van der Waals surface area contributed by atoms with Gasteiger partial charge in [-0.3, -0.25) is 9.59 Å². The zero-order chi connectivity index (χ0) is 28.3. The molecule has 1 saturated heterocycles. The SMILES string of the molecule is COC(=O)C(C(=O)OCc1ccccc1)C(=S)Nc1cc(OS(C)(=O)=O)ccc1C=CCOC1CCCCO1. The van der Waals surface area contributed by atoms with Crippen LogP contribution in [-0.2, 0) is 45.3 Å². The van der Waals surface area contributed by atoms with E-state index >= 15 is 0 Å². The zero-order valence-electron chi connectivity index (χ0n) is 21.7. The van der Waals surface area contributed by atoms with Gasteiger partial charge in [0.2, 0.25) is 5.92 Å². The molecule has 12 heteroatoms. The van der Waals surface area contributed by atoms with E-state index in [1.165, 1.54) is 12.1 Å². The number of thiocarbonyl (C=S) groups is 1. The van der Waals surface area contributed by atoms with Gasteiger partial charge in [-0.05, 0) is 42.5 Å². The lowest BCUT2D eigenvalue weighted by Gasteiger charge is -2.22. The lowest BCUT2D eigenvalue weighted by molar-refractivity contribution is -0.157. The number of anilines is 1. The molecule has 2 atom stereocenters. The van der Waals surface area contributed by atoms with Crippen molar-refractivity contribution < 1.29 is 41.1 Å². The molecule has 0 saturated carbocycles. The number of nitrogens with one attached hydrogen (secondary N) is 1. The summed E-state index contributed by atoms with van der Waals surface area (Å²) in [7, 11) is -2.68. The first-order valence-electron chi connectivity index (χ1n) is 12.2. The van der Waals surface area contributed by atoms with Gasteiger partial charge in [0.25, 0.3) is 0 Å². The molecule has 2 aromatic carbocycles. The summed E-state index contributed by atoms with van der Waals surface area (Å²) in [6, 6.07) is 13.4. The third kappa shape index (κ3) is 10.1. The molecule has 2 unspecified atom stereocenters. The van der Waals surface area contributed by atoms with Gasteiger partial charge in [0.15, 0.2) is 6.29 Å². The van der Waals surface area contributed by atoms with Gasteiger partial charge < -0.3 is 28.4 Å². The number of hydrogen-bond acceptors (Lipinski definition) is 10. The lowest BCUT2D eigenvalue weighted by Crippen LogP contribution is -2.37. The molecule has 0 spiro atoms. The highest BCUT2D eigenvalue weighted by Crippen LogP contribution is 2.26. The highest BCUT2D eigenvalue weighted by molar-refractivity contribution is 7.86. The molecule has 1 aliphatic heterocycles. The van der Waals surface area contributed by atoms with Crippen molar-refractivity contribution in [1.82, 2.24) is 0 Å². The highest BCUT2D eigenvalue weighted by Gasteiger charge is 2.34. The fraction of sp³-hybridized carbons (Fsp3) is 0.370. The maximum absolute atomic E-state index is 12.9. The summed E-state index contributed by atoms with van der Waals surface area (Å²) >= 11 is 5.40. The summed E-state index contributed by atoms with van der Waals surface area (Å²) in [4.78, 5) is 25.2. The summed E-state index contributed by atoms with van der Waals surface area (Å²) in [5.41, 5.74) is 1.58. The number of esters is 2. The first-order chi connectivity index (χ1) is 18.7. The molecule has 3 rings (SSSR count). The van der Waals surface area contributed by atoms with Crippen molar-refractivity contribution in [3.63, 3.8) is 0 Å². The summed E-state index contributed by atoms with van der Waals surface area (Å²) in [5, 5.41) is 2.86. The first kappa shape index (κ1) is 30.2. The second kappa shape index (κ2) is 14.7. The Bertz CT molecular complexity index is 1270. The topological polar surface area (TPSA) is 126 Å². The molecule has 39 heavy (non-hydrogen) atoms. The minimum atomic E-state index is -3.81. The van der Waals surface area contributed by atoms with E-state index in [0.717, 1.165) is 38.2 Å². The molecule has 0 aliphatic carbocycles. The summed E-state index contributed by atoms with van der Waals surface area (Å²) in [6.07, 6.45) is 7.00. The van der Waals surface area contributed by atoms with Crippen LogP contribution >= 0.6 is 12.2 Å². The number of methoxy groups -OCH3 is 1. The van der Waals surface area contributed by atoms with E-state index < -0.39 is 28.0 Å². The van der Waals surface area contributed by atoms with E-state index in [1.54, 1.807) is 42.5 Å². The van der Waals surface area contributed by atoms with Crippen LogP contribution in [-0.4, -0.2) is 58.2 Å². The van der Waals surface area contributed by atoms with Crippen molar-refractivity contribution in [1.29, 1.82) is 0 Å². The summed E-state index contributed by atoms with van der Waals surface area (Å²) in [6.45, 7) is 0.871. The number of hydrogen-bond donors (Lipinski definition) is 1. The average Bonchev–Trinajstić information content (AvgIpc) is 2.91.